The molecule has 0 radical (unpaired) electrons. The van der Waals surface area contributed by atoms with Gasteiger partial charge in [-0.05, 0) is 39.5 Å². The predicted octanol–water partition coefficient (Wildman–Crippen LogP) is 1.99. The predicted molar refractivity (Wildman–Crippen MR) is 98.2 cm³/mol. The van der Waals surface area contributed by atoms with E-state index in [0.717, 1.165) is 49.5 Å². The topological polar surface area (TPSA) is 91.5 Å². The van der Waals surface area contributed by atoms with E-state index in [0.29, 0.717) is 6.54 Å². The highest BCUT2D eigenvalue weighted by molar-refractivity contribution is 5.81. The lowest BCUT2D eigenvalue weighted by molar-refractivity contribution is -0.126. The first-order chi connectivity index (χ1) is 12.0. The van der Waals surface area contributed by atoms with Crippen molar-refractivity contribution in [1.82, 2.24) is 21.1 Å². The minimum atomic E-state index is 0.0770. The fourth-order valence-electron chi connectivity index (χ4n) is 3.13. The maximum atomic E-state index is 12.2. The van der Waals surface area contributed by atoms with Gasteiger partial charge in [0.15, 0.2) is 11.7 Å². The highest BCUT2D eigenvalue weighted by Crippen LogP contribution is 2.24. The van der Waals surface area contributed by atoms with Crippen molar-refractivity contribution in [3.05, 3.63) is 17.5 Å². The Balaban J connectivity index is 1.82. The molecule has 1 aromatic heterocycles. The number of amides is 1. The quantitative estimate of drug-likeness (QED) is 0.540. The van der Waals surface area contributed by atoms with Crippen LogP contribution in [0.3, 0.4) is 0 Å². The first-order valence-corrected chi connectivity index (χ1v) is 9.23. The van der Waals surface area contributed by atoms with Crippen molar-refractivity contribution in [2.24, 2.45) is 10.9 Å². The van der Waals surface area contributed by atoms with Crippen molar-refractivity contribution in [3.8, 4) is 0 Å². The van der Waals surface area contributed by atoms with Crippen LogP contribution >= 0.6 is 0 Å². The molecule has 7 heteroatoms. The molecule has 0 aliphatic heterocycles. The van der Waals surface area contributed by atoms with Gasteiger partial charge in [-0.3, -0.25) is 9.79 Å². The third-order valence-corrected chi connectivity index (χ3v) is 4.44. The summed E-state index contributed by atoms with van der Waals surface area (Å²) in [5.74, 6) is 1.76. The van der Waals surface area contributed by atoms with Gasteiger partial charge in [-0.15, -0.1) is 0 Å². The minimum absolute atomic E-state index is 0.0770. The maximum Gasteiger partial charge on any atom is 0.223 e. The number of aliphatic imine (C=N–C) groups is 1. The Morgan fingerprint density at radius 1 is 1.44 bits per heavy atom. The van der Waals surface area contributed by atoms with Crippen molar-refractivity contribution in [2.75, 3.05) is 7.05 Å². The van der Waals surface area contributed by atoms with Crippen LogP contribution in [-0.2, 0) is 17.8 Å². The lowest BCUT2D eigenvalue weighted by atomic mass is 9.85. The van der Waals surface area contributed by atoms with Crippen molar-refractivity contribution >= 4 is 11.9 Å². The normalized spacial score (nSPS) is 21.2. The monoisotopic (exact) mass is 349 g/mol. The third kappa shape index (κ3) is 6.07. The number of guanidine groups is 1. The number of nitrogens with zero attached hydrogens (tertiary/aromatic N) is 2. The molecule has 3 N–H and O–H groups in total. The molecule has 0 bridgehead atoms. The summed E-state index contributed by atoms with van der Waals surface area (Å²) >= 11 is 0. The van der Waals surface area contributed by atoms with Crippen LogP contribution in [0, 0.1) is 5.92 Å². The number of hydrogen-bond acceptors (Lipinski definition) is 4. The second-order valence-corrected chi connectivity index (χ2v) is 6.93. The van der Waals surface area contributed by atoms with Crippen LogP contribution in [0.1, 0.15) is 57.9 Å². The molecule has 1 saturated carbocycles. The van der Waals surface area contributed by atoms with Gasteiger partial charge in [-0.25, -0.2) is 0 Å². The van der Waals surface area contributed by atoms with Crippen LogP contribution in [0.15, 0.2) is 15.6 Å². The molecule has 1 aliphatic rings. The van der Waals surface area contributed by atoms with Crippen molar-refractivity contribution < 1.29 is 9.32 Å². The maximum absolute atomic E-state index is 12.2. The van der Waals surface area contributed by atoms with Gasteiger partial charge in [-0.2, -0.15) is 0 Å². The summed E-state index contributed by atoms with van der Waals surface area (Å²) in [6, 6.07) is 2.39. The zero-order valence-electron chi connectivity index (χ0n) is 15.8. The molecular weight excluding hydrogens is 318 g/mol. The Kier molecular flexibility index (Phi) is 7.28. The minimum Gasteiger partial charge on any atom is -0.359 e. The van der Waals surface area contributed by atoms with Crippen molar-refractivity contribution in [2.45, 2.75) is 71.5 Å². The smallest absolute Gasteiger partial charge is 0.223 e. The summed E-state index contributed by atoms with van der Waals surface area (Å²) < 4.78 is 5.28. The second kappa shape index (κ2) is 9.44. The van der Waals surface area contributed by atoms with Gasteiger partial charge >= 0.3 is 0 Å². The van der Waals surface area contributed by atoms with Crippen molar-refractivity contribution in [1.29, 1.82) is 0 Å². The van der Waals surface area contributed by atoms with E-state index in [1.807, 2.05) is 26.8 Å². The summed E-state index contributed by atoms with van der Waals surface area (Å²) in [6.07, 6.45) is 4.75. The third-order valence-electron chi connectivity index (χ3n) is 4.44. The van der Waals surface area contributed by atoms with Crippen molar-refractivity contribution in [3.63, 3.8) is 0 Å². The zero-order valence-corrected chi connectivity index (χ0v) is 15.8. The van der Waals surface area contributed by atoms with Crippen LogP contribution in [0.25, 0.3) is 0 Å². The van der Waals surface area contributed by atoms with Gasteiger partial charge < -0.3 is 20.5 Å². The number of rotatable bonds is 6. The standard InChI is InChI=1S/C18H31N5O2/c1-5-14-10-16(25-23-14)11-20-18(19-4)22-15-8-6-7-13(9-15)17(24)21-12(2)3/h10,12-13,15H,5-9,11H2,1-4H3,(H,21,24)(H2,19,20,22). The van der Waals surface area contributed by atoms with E-state index in [1.165, 1.54) is 0 Å². The summed E-state index contributed by atoms with van der Waals surface area (Å²) in [6.45, 7) is 6.58. The van der Waals surface area contributed by atoms with Crippen LogP contribution in [0.5, 0.6) is 0 Å². The Hall–Kier alpha value is -2.05. The van der Waals surface area contributed by atoms with E-state index in [1.54, 1.807) is 7.05 Å². The Morgan fingerprint density at radius 2 is 2.24 bits per heavy atom. The number of nitrogens with one attached hydrogen (secondary N) is 3. The van der Waals surface area contributed by atoms with Gasteiger partial charge in [0.1, 0.15) is 0 Å². The molecule has 7 nitrogen and oxygen atoms in total. The fraction of sp³-hybridized carbons (Fsp3) is 0.722. The molecule has 0 saturated heterocycles. The molecule has 140 valence electrons. The number of hydrogen-bond donors (Lipinski definition) is 3. The lowest BCUT2D eigenvalue weighted by Gasteiger charge is -2.30. The van der Waals surface area contributed by atoms with Crippen LogP contribution < -0.4 is 16.0 Å². The first-order valence-electron chi connectivity index (χ1n) is 9.23. The molecule has 1 aromatic rings. The van der Waals surface area contributed by atoms with Gasteiger partial charge in [0.2, 0.25) is 5.91 Å². The molecule has 2 unspecified atom stereocenters. The van der Waals surface area contributed by atoms with Gasteiger partial charge in [0, 0.05) is 31.1 Å². The highest BCUT2D eigenvalue weighted by atomic mass is 16.5. The van der Waals surface area contributed by atoms with E-state index in [2.05, 4.69) is 26.1 Å². The second-order valence-electron chi connectivity index (χ2n) is 6.93. The molecule has 0 spiro atoms. The molecule has 2 atom stereocenters. The van der Waals surface area contributed by atoms with E-state index < -0.39 is 0 Å². The molecule has 1 amide bonds. The van der Waals surface area contributed by atoms with Gasteiger partial charge in [0.05, 0.1) is 12.2 Å². The highest BCUT2D eigenvalue weighted by Gasteiger charge is 2.28. The summed E-state index contributed by atoms with van der Waals surface area (Å²) in [5.41, 5.74) is 0.950. The molecule has 1 heterocycles. The Morgan fingerprint density at radius 3 is 2.88 bits per heavy atom. The number of carbonyl (C=O) groups excluding carboxylic acids is 1. The molecule has 0 aromatic carbocycles. The van der Waals surface area contributed by atoms with Crippen LogP contribution in [-0.4, -0.2) is 36.2 Å². The SMILES string of the molecule is CCc1cc(CNC(=NC)NC2CCCC(C(=O)NC(C)C)C2)on1. The van der Waals surface area contributed by atoms with Gasteiger partial charge in [-0.1, -0.05) is 18.5 Å². The van der Waals surface area contributed by atoms with Crippen LogP contribution in [0.2, 0.25) is 0 Å². The van der Waals surface area contributed by atoms with Crippen LogP contribution in [0.4, 0.5) is 0 Å². The zero-order chi connectivity index (χ0) is 18.2. The molecule has 1 aliphatic carbocycles. The number of aromatic nitrogens is 1. The van der Waals surface area contributed by atoms with E-state index in [-0.39, 0.29) is 23.9 Å². The number of aryl methyl sites for hydroxylation is 1. The Labute approximate surface area is 150 Å². The average molecular weight is 349 g/mol. The van der Waals surface area contributed by atoms with E-state index >= 15 is 0 Å². The summed E-state index contributed by atoms with van der Waals surface area (Å²) in [7, 11) is 1.75. The fourth-order valence-corrected chi connectivity index (χ4v) is 3.13. The largest absolute Gasteiger partial charge is 0.359 e. The molecule has 2 rings (SSSR count). The summed E-state index contributed by atoms with van der Waals surface area (Å²) in [5, 5.41) is 13.7. The van der Waals surface area contributed by atoms with Gasteiger partial charge in [0.25, 0.3) is 0 Å². The molecule has 1 fully saturated rings. The molecule has 25 heavy (non-hydrogen) atoms. The number of carbonyl (C=O) groups is 1. The lowest BCUT2D eigenvalue weighted by Crippen LogP contribution is -2.47. The first kappa shape index (κ1) is 19.3. The Bertz CT molecular complexity index is 582. The van der Waals surface area contributed by atoms with E-state index in [4.69, 9.17) is 4.52 Å². The van der Waals surface area contributed by atoms with E-state index in [9.17, 15) is 4.79 Å². The molecular formula is C18H31N5O2. The summed E-state index contributed by atoms with van der Waals surface area (Å²) in [4.78, 5) is 16.5. The average Bonchev–Trinajstić information content (AvgIpc) is 3.06.